The molecule has 0 saturated heterocycles. The van der Waals surface area contributed by atoms with E-state index >= 15 is 0 Å². The van der Waals surface area contributed by atoms with Crippen molar-refractivity contribution < 1.29 is 9.53 Å². The van der Waals surface area contributed by atoms with E-state index in [1.807, 2.05) is 19.1 Å². The van der Waals surface area contributed by atoms with Crippen molar-refractivity contribution in [1.29, 1.82) is 0 Å². The molecule has 27 heavy (non-hydrogen) atoms. The van der Waals surface area contributed by atoms with Gasteiger partial charge in [0.15, 0.2) is 0 Å². The predicted octanol–water partition coefficient (Wildman–Crippen LogP) is 6.38. The summed E-state index contributed by atoms with van der Waals surface area (Å²) in [6.07, 6.45) is 0.794. The molecule has 0 amide bonds. The van der Waals surface area contributed by atoms with Crippen LogP contribution in [0.4, 0.5) is 0 Å². The molecule has 3 aromatic carbocycles. The summed E-state index contributed by atoms with van der Waals surface area (Å²) < 4.78 is 5.16. The van der Waals surface area contributed by atoms with Crippen LogP contribution in [0.2, 0.25) is 0 Å². The molecule has 138 valence electrons. The fraction of sp³-hybridized carbons (Fsp3) is 0.240. The molecule has 0 aliphatic heterocycles. The number of benzene rings is 3. The topological polar surface area (TPSA) is 26.3 Å². The van der Waals surface area contributed by atoms with Crippen LogP contribution in [0.25, 0.3) is 22.3 Å². The fourth-order valence-electron chi connectivity index (χ4n) is 3.47. The summed E-state index contributed by atoms with van der Waals surface area (Å²) in [4.78, 5) is 12.1. The van der Waals surface area contributed by atoms with Crippen molar-refractivity contribution in [3.63, 3.8) is 0 Å². The van der Waals surface area contributed by atoms with Gasteiger partial charge in [-0.1, -0.05) is 72.6 Å². The quantitative estimate of drug-likeness (QED) is 0.495. The highest BCUT2D eigenvalue weighted by Gasteiger charge is 2.12. The first-order chi connectivity index (χ1) is 13.0. The molecule has 0 atom stereocenters. The lowest BCUT2D eigenvalue weighted by molar-refractivity contribution is 0.0525. The number of rotatable bonds is 5. The minimum absolute atomic E-state index is 0.244. The lowest BCUT2D eigenvalue weighted by Crippen LogP contribution is -2.07. The second-order valence-electron chi connectivity index (χ2n) is 6.90. The first-order valence-corrected chi connectivity index (χ1v) is 9.51. The average Bonchev–Trinajstić information content (AvgIpc) is 2.67. The van der Waals surface area contributed by atoms with Gasteiger partial charge in [0, 0.05) is 0 Å². The maximum absolute atomic E-state index is 12.1. The van der Waals surface area contributed by atoms with Gasteiger partial charge in [0.25, 0.3) is 0 Å². The molecule has 0 heterocycles. The number of esters is 1. The van der Waals surface area contributed by atoms with E-state index in [9.17, 15) is 4.79 Å². The Hall–Kier alpha value is -2.87. The zero-order valence-corrected chi connectivity index (χ0v) is 16.5. The molecular formula is C25H26O2. The van der Waals surface area contributed by atoms with Gasteiger partial charge in [0.05, 0.1) is 12.2 Å². The number of aryl methyl sites for hydroxylation is 3. The molecule has 0 aliphatic rings. The smallest absolute Gasteiger partial charge is 0.338 e. The number of ether oxygens (including phenoxy) is 1. The summed E-state index contributed by atoms with van der Waals surface area (Å²) >= 11 is 0. The van der Waals surface area contributed by atoms with Crippen LogP contribution in [-0.4, -0.2) is 12.6 Å². The summed E-state index contributed by atoms with van der Waals surface area (Å²) in [6, 6.07) is 21.2. The van der Waals surface area contributed by atoms with E-state index in [0.717, 1.165) is 23.1 Å². The first-order valence-electron chi connectivity index (χ1n) is 9.51. The van der Waals surface area contributed by atoms with Crippen LogP contribution in [0.5, 0.6) is 0 Å². The Balaban J connectivity index is 1.92. The number of hydrogen-bond acceptors (Lipinski definition) is 2. The lowest BCUT2D eigenvalue weighted by Gasteiger charge is -2.11. The number of carbonyl (C=O) groups is 1. The molecule has 2 heteroatoms. The molecule has 0 radical (unpaired) electrons. The van der Waals surface area contributed by atoms with Crippen molar-refractivity contribution in [2.45, 2.75) is 34.1 Å². The number of carbonyl (C=O) groups excluding carboxylic acids is 1. The van der Waals surface area contributed by atoms with Crippen LogP contribution < -0.4 is 0 Å². The summed E-state index contributed by atoms with van der Waals surface area (Å²) in [5.74, 6) is -0.244. The van der Waals surface area contributed by atoms with Crippen LogP contribution in [0.15, 0.2) is 60.7 Å². The third kappa shape index (κ3) is 4.28. The van der Waals surface area contributed by atoms with Crippen LogP contribution in [-0.2, 0) is 11.2 Å². The Labute approximate surface area is 161 Å². The monoisotopic (exact) mass is 358 g/mol. The molecule has 0 bridgehead atoms. The Kier molecular flexibility index (Phi) is 5.75. The molecule has 0 saturated carbocycles. The minimum atomic E-state index is -0.244. The second-order valence-corrected chi connectivity index (χ2v) is 6.90. The summed E-state index contributed by atoms with van der Waals surface area (Å²) in [6.45, 7) is 8.54. The largest absolute Gasteiger partial charge is 0.462 e. The van der Waals surface area contributed by atoms with Gasteiger partial charge in [-0.25, -0.2) is 4.79 Å². The van der Waals surface area contributed by atoms with Crippen LogP contribution in [0.3, 0.4) is 0 Å². The fourth-order valence-corrected chi connectivity index (χ4v) is 3.47. The standard InChI is InChI=1S/C25H26O2/c1-5-19-16-22(11-12-24(19)25(26)27-6-2)20-7-9-21(10-8-20)23-14-17(3)13-18(4)15-23/h7-16H,5-6H2,1-4H3. The SMILES string of the molecule is CCOC(=O)c1ccc(-c2ccc(-c3cc(C)cc(C)c3)cc2)cc1CC. The average molecular weight is 358 g/mol. The maximum Gasteiger partial charge on any atom is 0.338 e. The van der Waals surface area contributed by atoms with Gasteiger partial charge in [-0.2, -0.15) is 0 Å². The molecule has 0 spiro atoms. The van der Waals surface area contributed by atoms with Gasteiger partial charge in [-0.15, -0.1) is 0 Å². The molecule has 0 aromatic heterocycles. The Morgan fingerprint density at radius 3 is 1.85 bits per heavy atom. The van der Waals surface area contributed by atoms with E-state index in [4.69, 9.17) is 4.74 Å². The maximum atomic E-state index is 12.1. The molecule has 3 aromatic rings. The van der Waals surface area contributed by atoms with Crippen LogP contribution in [0.1, 0.15) is 40.9 Å². The van der Waals surface area contributed by atoms with Gasteiger partial charge < -0.3 is 4.74 Å². The third-order valence-corrected chi connectivity index (χ3v) is 4.75. The van der Waals surface area contributed by atoms with Gasteiger partial charge >= 0.3 is 5.97 Å². The molecule has 0 aliphatic carbocycles. The lowest BCUT2D eigenvalue weighted by atomic mass is 9.95. The zero-order valence-electron chi connectivity index (χ0n) is 16.5. The van der Waals surface area contributed by atoms with Gasteiger partial charge in [-0.3, -0.25) is 0 Å². The molecule has 0 unspecified atom stereocenters. The van der Waals surface area contributed by atoms with E-state index < -0.39 is 0 Å². The van der Waals surface area contributed by atoms with Crippen LogP contribution >= 0.6 is 0 Å². The third-order valence-electron chi connectivity index (χ3n) is 4.75. The van der Waals surface area contributed by atoms with E-state index in [1.165, 1.54) is 22.3 Å². The zero-order chi connectivity index (χ0) is 19.4. The molecule has 2 nitrogen and oxygen atoms in total. The summed E-state index contributed by atoms with van der Waals surface area (Å²) in [5.41, 5.74) is 8.95. The van der Waals surface area contributed by atoms with Gasteiger partial charge in [0.1, 0.15) is 0 Å². The number of hydrogen-bond donors (Lipinski definition) is 0. The van der Waals surface area contributed by atoms with Crippen molar-refractivity contribution in [3.05, 3.63) is 82.9 Å². The molecule has 0 N–H and O–H groups in total. The molecular weight excluding hydrogens is 332 g/mol. The summed E-state index contributed by atoms with van der Waals surface area (Å²) in [7, 11) is 0. The van der Waals surface area contributed by atoms with Crippen molar-refractivity contribution in [3.8, 4) is 22.3 Å². The highest BCUT2D eigenvalue weighted by molar-refractivity contribution is 5.92. The van der Waals surface area contributed by atoms with Crippen molar-refractivity contribution in [2.75, 3.05) is 6.61 Å². The van der Waals surface area contributed by atoms with E-state index in [-0.39, 0.29) is 5.97 Å². The Bertz CT molecular complexity index is 932. The van der Waals surface area contributed by atoms with Gasteiger partial charge in [0.2, 0.25) is 0 Å². The van der Waals surface area contributed by atoms with Crippen molar-refractivity contribution in [1.82, 2.24) is 0 Å². The van der Waals surface area contributed by atoms with E-state index in [0.29, 0.717) is 12.2 Å². The first kappa shape index (κ1) is 18.9. The molecule has 3 rings (SSSR count). The Morgan fingerprint density at radius 2 is 1.30 bits per heavy atom. The van der Waals surface area contributed by atoms with Gasteiger partial charge in [-0.05, 0) is 61.1 Å². The van der Waals surface area contributed by atoms with Crippen LogP contribution in [0, 0.1) is 13.8 Å². The van der Waals surface area contributed by atoms with E-state index in [2.05, 4.69) is 69.3 Å². The Morgan fingerprint density at radius 1 is 0.741 bits per heavy atom. The summed E-state index contributed by atoms with van der Waals surface area (Å²) in [5, 5.41) is 0. The van der Waals surface area contributed by atoms with Crippen molar-refractivity contribution in [2.24, 2.45) is 0 Å². The van der Waals surface area contributed by atoms with E-state index in [1.54, 1.807) is 0 Å². The normalized spacial score (nSPS) is 10.7. The highest BCUT2D eigenvalue weighted by atomic mass is 16.5. The molecule has 0 fully saturated rings. The van der Waals surface area contributed by atoms with Crippen molar-refractivity contribution >= 4 is 5.97 Å². The highest BCUT2D eigenvalue weighted by Crippen LogP contribution is 2.28. The second kappa shape index (κ2) is 8.22. The predicted molar refractivity (Wildman–Crippen MR) is 112 cm³/mol. The minimum Gasteiger partial charge on any atom is -0.462 e.